The van der Waals surface area contributed by atoms with Crippen LogP contribution in [0.4, 0.5) is 19.3 Å². The van der Waals surface area contributed by atoms with E-state index in [0.717, 1.165) is 54.7 Å². The molecule has 0 fully saturated rings. The molecule has 0 heterocycles. The monoisotopic (exact) mass is 548 g/mol. The lowest BCUT2D eigenvalue weighted by Crippen LogP contribution is -2.37. The van der Waals surface area contributed by atoms with E-state index in [1.165, 1.54) is 17.8 Å². The van der Waals surface area contributed by atoms with Gasteiger partial charge in [0.05, 0.1) is 5.69 Å². The van der Waals surface area contributed by atoms with Crippen LogP contribution in [0.1, 0.15) is 79.2 Å². The van der Waals surface area contributed by atoms with Gasteiger partial charge in [0.15, 0.2) is 0 Å². The van der Waals surface area contributed by atoms with Gasteiger partial charge in [-0.05, 0) is 77.3 Å². The second-order valence-corrected chi connectivity index (χ2v) is 12.7. The van der Waals surface area contributed by atoms with Gasteiger partial charge in [-0.25, -0.2) is 13.6 Å². The van der Waals surface area contributed by atoms with E-state index >= 15 is 0 Å². The maximum Gasteiger partial charge on any atom is 0.322 e. The number of anilines is 1. The number of hydrogen-bond donors (Lipinski definition) is 1. The largest absolute Gasteiger partial charge is 0.459 e. The molecule has 2 aromatic carbocycles. The van der Waals surface area contributed by atoms with Gasteiger partial charge in [-0.1, -0.05) is 44.7 Å². The molecule has 0 aromatic heterocycles. The first-order valence-electron chi connectivity index (χ1n) is 13.3. The summed E-state index contributed by atoms with van der Waals surface area (Å²) in [5, 5.41) is 2.59. The molecule has 2 aromatic rings. The Labute approximate surface area is 230 Å². The predicted octanol–water partition coefficient (Wildman–Crippen LogP) is 8.22. The Bertz CT molecular complexity index is 1050. The molecule has 0 atom stereocenters. The van der Waals surface area contributed by atoms with Crippen molar-refractivity contribution in [2.75, 3.05) is 18.4 Å². The van der Waals surface area contributed by atoms with Crippen LogP contribution in [0.15, 0.2) is 47.4 Å². The molecule has 0 unspecified atom stereocenters. The minimum Gasteiger partial charge on any atom is -0.459 e. The number of amides is 2. The standard InChI is InChI=1S/C30H42F2N2O3S/c1-7-8-9-10-11-19-34(28(36)33-26-17-14-23(31)21-25(26)32)20-18-22-12-15-24(16-13-22)38-30(5,6)27(35)37-29(2,3)4/h12-17,21H,7-11,18-20H2,1-6H3,(H,33,36). The first kappa shape index (κ1) is 31.6. The summed E-state index contributed by atoms with van der Waals surface area (Å²) >= 11 is 1.44. The number of ether oxygens (including phenoxy) is 1. The third-order valence-electron chi connectivity index (χ3n) is 5.85. The van der Waals surface area contributed by atoms with E-state index in [4.69, 9.17) is 4.74 Å². The Morgan fingerprint density at radius 2 is 1.58 bits per heavy atom. The Hall–Kier alpha value is -2.61. The van der Waals surface area contributed by atoms with E-state index in [0.29, 0.717) is 19.5 Å². The fourth-order valence-electron chi connectivity index (χ4n) is 3.73. The molecule has 0 saturated carbocycles. The molecule has 0 aliphatic carbocycles. The number of nitrogens with zero attached hydrogens (tertiary/aromatic N) is 1. The van der Waals surface area contributed by atoms with E-state index in [1.807, 2.05) is 58.9 Å². The first-order valence-corrected chi connectivity index (χ1v) is 14.1. The topological polar surface area (TPSA) is 58.6 Å². The van der Waals surface area contributed by atoms with Crippen molar-refractivity contribution in [2.45, 2.75) is 95.3 Å². The molecule has 0 bridgehead atoms. The van der Waals surface area contributed by atoms with Crippen molar-refractivity contribution in [3.05, 3.63) is 59.7 Å². The Balaban J connectivity index is 2.01. The molecule has 0 spiro atoms. The van der Waals surface area contributed by atoms with Crippen molar-refractivity contribution in [1.82, 2.24) is 4.90 Å². The number of carbonyl (C=O) groups excluding carboxylic acids is 2. The van der Waals surface area contributed by atoms with Crippen LogP contribution >= 0.6 is 11.8 Å². The van der Waals surface area contributed by atoms with Crippen LogP contribution in [0.2, 0.25) is 0 Å². The number of halogens is 2. The quantitative estimate of drug-likeness (QED) is 0.156. The number of nitrogens with one attached hydrogen (secondary N) is 1. The van der Waals surface area contributed by atoms with Gasteiger partial charge in [0, 0.05) is 24.1 Å². The van der Waals surface area contributed by atoms with E-state index in [9.17, 15) is 18.4 Å². The number of hydrogen-bond acceptors (Lipinski definition) is 4. The SMILES string of the molecule is CCCCCCCN(CCc1ccc(SC(C)(C)C(=O)OC(C)(C)C)cc1)C(=O)Nc1ccc(F)cc1F. The molecule has 0 aliphatic rings. The van der Waals surface area contributed by atoms with E-state index in [1.54, 1.807) is 4.90 Å². The smallest absolute Gasteiger partial charge is 0.322 e. The molecule has 2 rings (SSSR count). The van der Waals surface area contributed by atoms with Gasteiger partial charge in [0.25, 0.3) is 0 Å². The van der Waals surface area contributed by atoms with Gasteiger partial charge in [-0.15, -0.1) is 11.8 Å². The summed E-state index contributed by atoms with van der Waals surface area (Å²) in [5.74, 6) is -1.76. The molecule has 0 aliphatic heterocycles. The molecular weight excluding hydrogens is 506 g/mol. The molecule has 2 amide bonds. The summed E-state index contributed by atoms with van der Waals surface area (Å²) in [6.45, 7) is 12.4. The summed E-state index contributed by atoms with van der Waals surface area (Å²) in [5.41, 5.74) is 0.456. The minimum atomic E-state index is -0.802. The van der Waals surface area contributed by atoms with Gasteiger partial charge < -0.3 is 15.0 Å². The lowest BCUT2D eigenvalue weighted by Gasteiger charge is -2.28. The van der Waals surface area contributed by atoms with Gasteiger partial charge >= 0.3 is 12.0 Å². The average Bonchev–Trinajstić information content (AvgIpc) is 2.82. The van der Waals surface area contributed by atoms with Crippen molar-refractivity contribution < 1.29 is 23.1 Å². The number of carbonyl (C=O) groups is 2. The second kappa shape index (κ2) is 14.5. The highest BCUT2D eigenvalue weighted by Gasteiger charge is 2.33. The number of esters is 1. The normalized spacial score (nSPS) is 11.8. The lowest BCUT2D eigenvalue weighted by atomic mass is 10.1. The lowest BCUT2D eigenvalue weighted by molar-refractivity contribution is -0.156. The minimum absolute atomic E-state index is 0.0404. The number of benzene rings is 2. The highest BCUT2D eigenvalue weighted by Crippen LogP contribution is 2.34. The Kier molecular flexibility index (Phi) is 12.1. The molecule has 38 heavy (non-hydrogen) atoms. The highest BCUT2D eigenvalue weighted by molar-refractivity contribution is 8.01. The molecule has 0 radical (unpaired) electrons. The zero-order valence-electron chi connectivity index (χ0n) is 23.5. The maximum atomic E-state index is 14.1. The summed E-state index contributed by atoms with van der Waals surface area (Å²) < 4.78 is 32.2. The van der Waals surface area contributed by atoms with Gasteiger partial charge in [-0.2, -0.15) is 0 Å². The van der Waals surface area contributed by atoms with Crippen molar-refractivity contribution in [1.29, 1.82) is 0 Å². The van der Waals surface area contributed by atoms with Crippen molar-refractivity contribution in [3.63, 3.8) is 0 Å². The van der Waals surface area contributed by atoms with Crippen LogP contribution in [0, 0.1) is 11.6 Å². The number of urea groups is 1. The van der Waals surface area contributed by atoms with Crippen molar-refractivity contribution in [3.8, 4) is 0 Å². The average molecular weight is 549 g/mol. The van der Waals surface area contributed by atoms with Crippen LogP contribution in [-0.2, 0) is 16.0 Å². The number of unbranched alkanes of at least 4 members (excludes halogenated alkanes) is 4. The second-order valence-electron chi connectivity index (χ2n) is 11.0. The van der Waals surface area contributed by atoms with Crippen molar-refractivity contribution >= 4 is 29.4 Å². The molecule has 5 nitrogen and oxygen atoms in total. The fraction of sp³-hybridized carbons (Fsp3) is 0.533. The molecular formula is C30H42F2N2O3S. The Morgan fingerprint density at radius 3 is 2.18 bits per heavy atom. The van der Waals surface area contributed by atoms with Gasteiger partial charge in [0.1, 0.15) is 22.0 Å². The van der Waals surface area contributed by atoms with Crippen LogP contribution < -0.4 is 5.32 Å². The van der Waals surface area contributed by atoms with E-state index in [-0.39, 0.29) is 11.7 Å². The van der Waals surface area contributed by atoms with Gasteiger partial charge in [0.2, 0.25) is 0 Å². The van der Waals surface area contributed by atoms with Gasteiger partial charge in [-0.3, -0.25) is 4.79 Å². The summed E-state index contributed by atoms with van der Waals surface area (Å²) in [4.78, 5) is 28.2. The van der Waals surface area contributed by atoms with Crippen molar-refractivity contribution in [2.24, 2.45) is 0 Å². The number of rotatable bonds is 13. The molecule has 0 saturated heterocycles. The van der Waals surface area contributed by atoms with Crippen LogP contribution in [0.5, 0.6) is 0 Å². The third kappa shape index (κ3) is 11.0. The van der Waals surface area contributed by atoms with E-state index < -0.39 is 28.0 Å². The summed E-state index contributed by atoms with van der Waals surface area (Å²) in [6.07, 6.45) is 5.89. The zero-order valence-corrected chi connectivity index (χ0v) is 24.4. The van der Waals surface area contributed by atoms with Crippen LogP contribution in [0.25, 0.3) is 0 Å². The van der Waals surface area contributed by atoms with Crippen LogP contribution in [0.3, 0.4) is 0 Å². The third-order valence-corrected chi connectivity index (χ3v) is 7.03. The zero-order chi connectivity index (χ0) is 28.3. The van der Waals surface area contributed by atoms with E-state index in [2.05, 4.69) is 12.2 Å². The Morgan fingerprint density at radius 1 is 0.921 bits per heavy atom. The predicted molar refractivity (Wildman–Crippen MR) is 152 cm³/mol. The molecule has 8 heteroatoms. The maximum absolute atomic E-state index is 14.1. The highest BCUT2D eigenvalue weighted by atomic mass is 32.2. The summed E-state index contributed by atoms with van der Waals surface area (Å²) in [6, 6.07) is 10.6. The first-order chi connectivity index (χ1) is 17.8. The fourth-order valence-corrected chi connectivity index (χ4v) is 4.72. The molecule has 210 valence electrons. The van der Waals surface area contributed by atoms with Crippen LogP contribution in [-0.4, -0.2) is 40.3 Å². The number of thioether (sulfide) groups is 1. The molecule has 1 N–H and O–H groups in total. The summed E-state index contributed by atoms with van der Waals surface area (Å²) in [7, 11) is 0.